The van der Waals surface area contributed by atoms with E-state index in [1.54, 1.807) is 0 Å². The SMILES string of the molecule is CC(C)=C1CC[C@]2(C)C[C@@H](S)[C@@](O)(C(=O)O)CC[C@@H]12. The van der Waals surface area contributed by atoms with Crippen molar-refractivity contribution in [2.75, 3.05) is 0 Å². The van der Waals surface area contributed by atoms with Crippen molar-refractivity contribution in [1.29, 1.82) is 0 Å². The van der Waals surface area contributed by atoms with Gasteiger partial charge in [0.15, 0.2) is 5.60 Å². The lowest BCUT2D eigenvalue weighted by molar-refractivity contribution is -0.159. The van der Waals surface area contributed by atoms with E-state index in [-0.39, 0.29) is 5.41 Å². The molecule has 0 aliphatic heterocycles. The predicted molar refractivity (Wildman–Crippen MR) is 78.4 cm³/mol. The van der Waals surface area contributed by atoms with E-state index < -0.39 is 16.8 Å². The highest BCUT2D eigenvalue weighted by molar-refractivity contribution is 7.81. The lowest BCUT2D eigenvalue weighted by Crippen LogP contribution is -2.47. The van der Waals surface area contributed by atoms with Gasteiger partial charge in [0.2, 0.25) is 0 Å². The maximum Gasteiger partial charge on any atom is 0.336 e. The highest BCUT2D eigenvalue weighted by Crippen LogP contribution is 2.56. The molecule has 19 heavy (non-hydrogen) atoms. The second-order valence-corrected chi connectivity index (χ2v) is 7.34. The van der Waals surface area contributed by atoms with Crippen molar-refractivity contribution in [3.63, 3.8) is 0 Å². The Morgan fingerprint density at radius 3 is 2.53 bits per heavy atom. The fourth-order valence-corrected chi connectivity index (χ4v) is 4.60. The van der Waals surface area contributed by atoms with Crippen LogP contribution in [0.1, 0.15) is 52.9 Å². The molecule has 0 radical (unpaired) electrons. The number of carboxylic acids is 1. The second kappa shape index (κ2) is 4.81. The summed E-state index contributed by atoms with van der Waals surface area (Å²) in [4.78, 5) is 11.4. The number of hydrogen-bond donors (Lipinski definition) is 3. The van der Waals surface area contributed by atoms with Gasteiger partial charge in [-0.15, -0.1) is 0 Å². The van der Waals surface area contributed by atoms with Gasteiger partial charge in [-0.05, 0) is 57.3 Å². The number of allylic oxidation sites excluding steroid dienone is 2. The van der Waals surface area contributed by atoms with E-state index in [0.717, 1.165) is 19.3 Å². The molecule has 0 bridgehead atoms. The average Bonchev–Trinajstić information content (AvgIpc) is 2.58. The van der Waals surface area contributed by atoms with Crippen LogP contribution >= 0.6 is 12.6 Å². The minimum atomic E-state index is -1.68. The van der Waals surface area contributed by atoms with E-state index in [0.29, 0.717) is 18.8 Å². The van der Waals surface area contributed by atoms with E-state index in [4.69, 9.17) is 0 Å². The summed E-state index contributed by atoms with van der Waals surface area (Å²) in [5, 5.41) is 19.2. The summed E-state index contributed by atoms with van der Waals surface area (Å²) in [5.41, 5.74) is 1.23. The third-order valence-electron chi connectivity index (χ3n) is 5.26. The Labute approximate surface area is 120 Å². The van der Waals surface area contributed by atoms with Crippen LogP contribution in [0.5, 0.6) is 0 Å². The zero-order chi connectivity index (χ0) is 14.4. The van der Waals surface area contributed by atoms with Crippen molar-refractivity contribution < 1.29 is 15.0 Å². The first kappa shape index (κ1) is 14.9. The molecule has 0 spiro atoms. The van der Waals surface area contributed by atoms with Crippen LogP contribution in [-0.4, -0.2) is 27.0 Å². The standard InChI is InChI=1S/C15H24O3S/c1-9(2)10-4-6-14(3)8-12(19)15(18,13(16)17)7-5-11(10)14/h11-12,18-19H,4-8H2,1-3H3,(H,16,17)/t11-,12+,14+,15+/m0/s1. The highest BCUT2D eigenvalue weighted by atomic mass is 32.1. The first-order chi connectivity index (χ1) is 8.70. The number of carboxylic acid groups (broad SMARTS) is 1. The Balaban J connectivity index is 2.36. The van der Waals surface area contributed by atoms with Gasteiger partial charge >= 0.3 is 5.97 Å². The number of thiol groups is 1. The van der Waals surface area contributed by atoms with Gasteiger partial charge in [-0.1, -0.05) is 18.1 Å². The predicted octanol–water partition coefficient (Wildman–Crippen LogP) is 3.04. The summed E-state index contributed by atoms with van der Waals surface area (Å²) >= 11 is 4.42. The average molecular weight is 284 g/mol. The molecule has 0 amide bonds. The van der Waals surface area contributed by atoms with Gasteiger partial charge in [0.1, 0.15) is 0 Å². The second-order valence-electron chi connectivity index (χ2n) is 6.72. The fraction of sp³-hybridized carbons (Fsp3) is 0.800. The van der Waals surface area contributed by atoms with Gasteiger partial charge < -0.3 is 10.2 Å². The minimum Gasteiger partial charge on any atom is -0.479 e. The van der Waals surface area contributed by atoms with Crippen molar-refractivity contribution >= 4 is 18.6 Å². The quantitative estimate of drug-likeness (QED) is 0.512. The molecule has 0 aromatic carbocycles. The number of rotatable bonds is 1. The Morgan fingerprint density at radius 1 is 1.37 bits per heavy atom. The van der Waals surface area contributed by atoms with Crippen molar-refractivity contribution in [3.8, 4) is 0 Å². The molecule has 2 N–H and O–H groups in total. The van der Waals surface area contributed by atoms with Crippen LogP contribution in [-0.2, 0) is 4.79 Å². The van der Waals surface area contributed by atoms with Gasteiger partial charge in [0.25, 0.3) is 0 Å². The molecule has 2 fully saturated rings. The molecule has 0 heterocycles. The van der Waals surface area contributed by atoms with Crippen molar-refractivity contribution in [2.24, 2.45) is 11.3 Å². The van der Waals surface area contributed by atoms with Crippen molar-refractivity contribution in [2.45, 2.75) is 63.7 Å². The third kappa shape index (κ3) is 2.33. The zero-order valence-corrected chi connectivity index (χ0v) is 12.8. The summed E-state index contributed by atoms with van der Waals surface area (Å²) in [5.74, 6) is -0.727. The molecule has 0 aromatic rings. The van der Waals surface area contributed by atoms with Crippen LogP contribution in [0, 0.1) is 11.3 Å². The minimum absolute atomic E-state index is 0.0823. The molecule has 2 aliphatic carbocycles. The van der Waals surface area contributed by atoms with E-state index in [1.807, 2.05) is 0 Å². The summed E-state index contributed by atoms with van der Waals surface area (Å²) in [7, 11) is 0. The highest BCUT2D eigenvalue weighted by Gasteiger charge is 2.53. The van der Waals surface area contributed by atoms with Gasteiger partial charge in [-0.2, -0.15) is 12.6 Å². The summed E-state index contributed by atoms with van der Waals surface area (Å²) in [6.45, 7) is 6.49. The molecule has 4 atom stereocenters. The Morgan fingerprint density at radius 2 is 2.00 bits per heavy atom. The molecule has 2 rings (SSSR count). The van der Waals surface area contributed by atoms with Crippen molar-refractivity contribution in [3.05, 3.63) is 11.1 Å². The smallest absolute Gasteiger partial charge is 0.336 e. The summed E-state index contributed by atoms with van der Waals surface area (Å²) in [6.07, 6.45) is 3.89. The zero-order valence-electron chi connectivity index (χ0n) is 11.9. The topological polar surface area (TPSA) is 57.5 Å². The van der Waals surface area contributed by atoms with Gasteiger partial charge in [-0.25, -0.2) is 4.79 Å². The van der Waals surface area contributed by atoms with Crippen molar-refractivity contribution in [1.82, 2.24) is 0 Å². The molecule has 0 unspecified atom stereocenters. The molecular weight excluding hydrogens is 260 g/mol. The van der Waals surface area contributed by atoms with E-state index in [9.17, 15) is 15.0 Å². The summed E-state index contributed by atoms with van der Waals surface area (Å²) < 4.78 is 0. The molecule has 4 heteroatoms. The van der Waals surface area contributed by atoms with Crippen LogP contribution in [0.2, 0.25) is 0 Å². The van der Waals surface area contributed by atoms with Gasteiger partial charge in [0, 0.05) is 5.25 Å². The molecule has 108 valence electrons. The molecular formula is C15H24O3S. The number of fused-ring (bicyclic) bond motifs is 1. The Kier molecular flexibility index (Phi) is 3.78. The van der Waals surface area contributed by atoms with E-state index >= 15 is 0 Å². The van der Waals surface area contributed by atoms with Gasteiger partial charge in [0.05, 0.1) is 0 Å². The normalized spacial score (nSPS) is 42.7. The fourth-order valence-electron chi connectivity index (χ4n) is 3.95. The number of hydrogen-bond acceptors (Lipinski definition) is 3. The van der Waals surface area contributed by atoms with Crippen LogP contribution in [0.25, 0.3) is 0 Å². The first-order valence-electron chi connectivity index (χ1n) is 7.01. The Bertz CT molecular complexity index is 427. The van der Waals surface area contributed by atoms with E-state index in [2.05, 4.69) is 33.4 Å². The largest absolute Gasteiger partial charge is 0.479 e. The number of carbonyl (C=O) groups is 1. The monoisotopic (exact) mass is 284 g/mol. The molecule has 0 aromatic heterocycles. The lowest BCUT2D eigenvalue weighted by Gasteiger charge is -2.33. The van der Waals surface area contributed by atoms with Crippen LogP contribution in [0.4, 0.5) is 0 Å². The third-order valence-corrected chi connectivity index (χ3v) is 5.87. The molecule has 2 aliphatic rings. The number of aliphatic hydroxyl groups is 1. The maximum atomic E-state index is 11.4. The maximum absolute atomic E-state index is 11.4. The molecule has 3 nitrogen and oxygen atoms in total. The van der Waals surface area contributed by atoms with E-state index in [1.165, 1.54) is 11.1 Å². The first-order valence-corrected chi connectivity index (χ1v) is 7.52. The van der Waals surface area contributed by atoms with Crippen LogP contribution in [0.3, 0.4) is 0 Å². The molecule has 2 saturated carbocycles. The molecule has 0 saturated heterocycles. The van der Waals surface area contributed by atoms with Gasteiger partial charge in [-0.3, -0.25) is 0 Å². The summed E-state index contributed by atoms with van der Waals surface area (Å²) in [6, 6.07) is 0. The van der Waals surface area contributed by atoms with Crippen LogP contribution in [0.15, 0.2) is 11.1 Å². The Hall–Kier alpha value is -0.480. The lowest BCUT2D eigenvalue weighted by atomic mass is 9.74. The number of aliphatic carboxylic acids is 1. The van der Waals surface area contributed by atoms with Crippen LogP contribution < -0.4 is 0 Å².